The molecule has 0 aromatic heterocycles. The van der Waals surface area contributed by atoms with Crippen molar-refractivity contribution in [3.8, 4) is 0 Å². The van der Waals surface area contributed by atoms with Gasteiger partial charge in [-0.15, -0.1) is 0 Å². The third-order valence-electron chi connectivity index (χ3n) is 7.68. The first-order valence-electron chi connectivity index (χ1n) is 12.2. The number of hydrogen-bond acceptors (Lipinski definition) is 3. The maximum atomic E-state index is 12.5. The Morgan fingerprint density at radius 2 is 1.58 bits per heavy atom. The van der Waals surface area contributed by atoms with E-state index in [1.165, 1.54) is 12.8 Å². The molecule has 31 heavy (non-hydrogen) atoms. The van der Waals surface area contributed by atoms with Crippen LogP contribution >= 0.6 is 0 Å². The third-order valence-corrected chi connectivity index (χ3v) is 16.7. The van der Waals surface area contributed by atoms with Crippen LogP contribution in [0.15, 0.2) is 24.3 Å². The largest absolute Gasteiger partial charge is 0.413 e. The molecular formula is C26H50O3Si2. The summed E-state index contributed by atoms with van der Waals surface area (Å²) in [6.07, 6.45) is 9.44. The number of ketones is 1. The van der Waals surface area contributed by atoms with Crippen molar-refractivity contribution >= 4 is 22.4 Å². The molecule has 0 saturated heterocycles. The second-order valence-electron chi connectivity index (χ2n) is 12.4. The monoisotopic (exact) mass is 466 g/mol. The Hall–Kier alpha value is -0.496. The first-order valence-corrected chi connectivity index (χ1v) is 18.0. The van der Waals surface area contributed by atoms with Gasteiger partial charge >= 0.3 is 0 Å². The minimum atomic E-state index is -1.97. The third kappa shape index (κ3) is 7.80. The summed E-state index contributed by atoms with van der Waals surface area (Å²) in [5.41, 5.74) is 0.694. The molecule has 1 aliphatic rings. The minimum absolute atomic E-state index is 0.0432. The lowest BCUT2D eigenvalue weighted by molar-refractivity contribution is -0.115. The van der Waals surface area contributed by atoms with Crippen LogP contribution in [0.3, 0.4) is 0 Å². The van der Waals surface area contributed by atoms with Crippen LogP contribution < -0.4 is 0 Å². The van der Waals surface area contributed by atoms with Crippen molar-refractivity contribution in [3.63, 3.8) is 0 Å². The van der Waals surface area contributed by atoms with E-state index in [9.17, 15) is 4.79 Å². The second-order valence-corrected chi connectivity index (χ2v) is 21.9. The highest BCUT2D eigenvalue weighted by Gasteiger charge is 2.44. The van der Waals surface area contributed by atoms with Crippen LogP contribution in [-0.4, -0.2) is 34.6 Å². The molecule has 0 amide bonds. The van der Waals surface area contributed by atoms with Crippen molar-refractivity contribution < 1.29 is 13.6 Å². The minimum Gasteiger partial charge on any atom is -0.413 e. The molecule has 1 rings (SSSR count). The van der Waals surface area contributed by atoms with Crippen LogP contribution in [0.5, 0.6) is 0 Å². The van der Waals surface area contributed by atoms with E-state index in [-0.39, 0.29) is 34.0 Å². The molecule has 1 fully saturated rings. The van der Waals surface area contributed by atoms with Gasteiger partial charge in [-0.05, 0) is 48.3 Å². The molecule has 180 valence electrons. The van der Waals surface area contributed by atoms with Crippen LogP contribution in [0.25, 0.3) is 0 Å². The number of rotatable bonds is 10. The number of carbonyl (C=O) groups is 1. The van der Waals surface area contributed by atoms with E-state index in [0.717, 1.165) is 12.8 Å². The number of Topliss-reactive ketones (excluding diaryl/α,β-unsaturated/α-hetero) is 1. The lowest BCUT2D eigenvalue weighted by Gasteiger charge is -2.40. The number of unbranched alkanes of at least 4 members (excludes halogenated alkanes) is 2. The smallest absolute Gasteiger partial charge is 0.192 e. The van der Waals surface area contributed by atoms with E-state index in [4.69, 9.17) is 8.85 Å². The number of hydrogen-bond donors (Lipinski definition) is 0. The summed E-state index contributed by atoms with van der Waals surface area (Å²) in [4.78, 5) is 12.5. The fraction of sp³-hybridized carbons (Fsp3) is 0.808. The van der Waals surface area contributed by atoms with Gasteiger partial charge in [0.15, 0.2) is 22.4 Å². The van der Waals surface area contributed by atoms with Gasteiger partial charge in [0.1, 0.15) is 0 Å². The van der Waals surface area contributed by atoms with E-state index in [1.54, 1.807) is 0 Å². The van der Waals surface area contributed by atoms with Crippen molar-refractivity contribution in [2.75, 3.05) is 0 Å². The molecule has 0 N–H and O–H groups in total. The highest BCUT2D eigenvalue weighted by atomic mass is 28.4. The van der Waals surface area contributed by atoms with E-state index >= 15 is 0 Å². The topological polar surface area (TPSA) is 35.5 Å². The molecule has 0 heterocycles. The molecule has 3 nitrogen and oxygen atoms in total. The molecule has 0 unspecified atom stereocenters. The molecule has 0 bridgehead atoms. The fourth-order valence-corrected chi connectivity index (χ4v) is 6.00. The SMILES string of the molecule is C=C1C(=O)C[C@H](O[Si](C)(C)C(C)(C)C)[C@H]1C=C[C@H](CCCCC)O[Si](C)(C)C(C)(C)C. The normalized spacial score (nSPS) is 22.5. The predicted molar refractivity (Wildman–Crippen MR) is 140 cm³/mol. The quantitative estimate of drug-likeness (QED) is 0.141. The second kappa shape index (κ2) is 10.6. The van der Waals surface area contributed by atoms with Crippen molar-refractivity contribution in [1.82, 2.24) is 0 Å². The van der Waals surface area contributed by atoms with Crippen molar-refractivity contribution in [3.05, 3.63) is 24.3 Å². The maximum absolute atomic E-state index is 12.5. The van der Waals surface area contributed by atoms with E-state index in [1.807, 2.05) is 0 Å². The molecule has 0 aliphatic heterocycles. The summed E-state index contributed by atoms with van der Waals surface area (Å²) >= 11 is 0. The number of carbonyl (C=O) groups excluding carboxylic acids is 1. The lowest BCUT2D eigenvalue weighted by Crippen LogP contribution is -2.45. The van der Waals surface area contributed by atoms with Gasteiger partial charge in [0.05, 0.1) is 12.2 Å². The van der Waals surface area contributed by atoms with Gasteiger partial charge in [-0.25, -0.2) is 0 Å². The van der Waals surface area contributed by atoms with Gasteiger partial charge < -0.3 is 8.85 Å². The molecule has 5 heteroatoms. The van der Waals surface area contributed by atoms with Crippen LogP contribution in [0, 0.1) is 5.92 Å². The van der Waals surface area contributed by atoms with E-state index in [2.05, 4.69) is 93.4 Å². The first kappa shape index (κ1) is 28.5. The zero-order chi connectivity index (χ0) is 24.3. The van der Waals surface area contributed by atoms with Crippen LogP contribution in [0.1, 0.15) is 80.6 Å². The van der Waals surface area contributed by atoms with Crippen LogP contribution in [-0.2, 0) is 13.6 Å². The van der Waals surface area contributed by atoms with Gasteiger partial charge in [0, 0.05) is 12.3 Å². The van der Waals surface area contributed by atoms with Gasteiger partial charge in [-0.1, -0.05) is 86.5 Å². The average Bonchev–Trinajstić information content (AvgIpc) is 2.83. The van der Waals surface area contributed by atoms with Gasteiger partial charge in [-0.3, -0.25) is 4.79 Å². The molecule has 3 atom stereocenters. The molecule has 0 spiro atoms. The predicted octanol–water partition coefficient (Wildman–Crippen LogP) is 8.05. The summed E-state index contributed by atoms with van der Waals surface area (Å²) in [6.45, 7) is 29.1. The Bertz CT molecular complexity index is 651. The Morgan fingerprint density at radius 3 is 2.06 bits per heavy atom. The average molecular weight is 467 g/mol. The van der Waals surface area contributed by atoms with Crippen molar-refractivity contribution in [2.45, 2.75) is 129 Å². The van der Waals surface area contributed by atoms with Crippen LogP contribution in [0.2, 0.25) is 36.3 Å². The van der Waals surface area contributed by atoms with Crippen LogP contribution in [0.4, 0.5) is 0 Å². The van der Waals surface area contributed by atoms with E-state index < -0.39 is 16.6 Å². The van der Waals surface area contributed by atoms with Gasteiger partial charge in [-0.2, -0.15) is 0 Å². The standard InChI is InChI=1S/C26H50O3Si2/c1-13-14-15-16-21(28-30(9,10)25(3,4)5)17-18-22-20(2)23(27)19-24(22)29-31(11,12)26(6,7)8/h17-18,21-22,24H,2,13-16,19H2,1,3-12H3/t21-,22-,24-/m0/s1. The summed E-state index contributed by atoms with van der Waals surface area (Å²) in [5, 5.41) is 0.285. The van der Waals surface area contributed by atoms with Crippen molar-refractivity contribution in [1.29, 1.82) is 0 Å². The fourth-order valence-electron chi connectivity index (χ4n) is 3.35. The Balaban J connectivity index is 3.08. The molecule has 0 aromatic rings. The van der Waals surface area contributed by atoms with Crippen molar-refractivity contribution in [2.24, 2.45) is 5.92 Å². The Morgan fingerprint density at radius 1 is 1.03 bits per heavy atom. The summed E-state index contributed by atoms with van der Waals surface area (Å²) < 4.78 is 13.4. The zero-order valence-corrected chi connectivity index (χ0v) is 24.4. The summed E-state index contributed by atoms with van der Waals surface area (Å²) in [6, 6.07) is 0. The van der Waals surface area contributed by atoms with E-state index in [0.29, 0.717) is 12.0 Å². The highest BCUT2D eigenvalue weighted by molar-refractivity contribution is 6.74. The zero-order valence-electron chi connectivity index (χ0n) is 22.4. The molecule has 0 aromatic carbocycles. The summed E-state index contributed by atoms with van der Waals surface area (Å²) in [5.74, 6) is 0.101. The highest BCUT2D eigenvalue weighted by Crippen LogP contribution is 2.42. The maximum Gasteiger partial charge on any atom is 0.192 e. The van der Waals surface area contributed by atoms with Gasteiger partial charge in [0.25, 0.3) is 0 Å². The first-order chi connectivity index (χ1) is 13.9. The lowest BCUT2D eigenvalue weighted by atomic mass is 10.00. The molecular weight excluding hydrogens is 416 g/mol. The molecule has 1 aliphatic carbocycles. The molecule has 0 radical (unpaired) electrons. The summed E-state index contributed by atoms with van der Waals surface area (Å²) in [7, 11) is -3.85. The molecule has 1 saturated carbocycles. The van der Waals surface area contributed by atoms with Gasteiger partial charge in [0.2, 0.25) is 0 Å². The Labute approximate surface area is 195 Å². The Kier molecular flexibility index (Phi) is 9.78.